The van der Waals surface area contributed by atoms with Crippen LogP contribution in [0.5, 0.6) is 17.2 Å². The molecule has 0 unspecified atom stereocenters. The minimum atomic E-state index is -1.14. The molecule has 5 fully saturated rings. The zero-order valence-electron chi connectivity index (χ0n) is 55.2. The number of rotatable bonds is 15. The number of hydrogen-bond donors (Lipinski definition) is 3. The van der Waals surface area contributed by atoms with Gasteiger partial charge in [-0.25, -0.2) is 32.7 Å². The summed E-state index contributed by atoms with van der Waals surface area (Å²) in [4.78, 5) is 98.0. The van der Waals surface area contributed by atoms with Crippen LogP contribution in [0.15, 0.2) is 107 Å². The molecule has 22 nitrogen and oxygen atoms in total. The smallest absolute Gasteiger partial charge is 0.331 e. The van der Waals surface area contributed by atoms with Crippen molar-refractivity contribution in [1.29, 1.82) is 5.26 Å². The molecule has 0 radical (unpaired) electrons. The number of pyridine rings is 2. The van der Waals surface area contributed by atoms with E-state index in [1.807, 2.05) is 63.2 Å². The molecule has 10 aromatic rings. The van der Waals surface area contributed by atoms with Gasteiger partial charge >= 0.3 is 11.7 Å². The summed E-state index contributed by atoms with van der Waals surface area (Å²) in [5.74, 6) is 1.11. The van der Waals surface area contributed by atoms with Gasteiger partial charge in [-0.05, 0) is 104 Å². The van der Waals surface area contributed by atoms with Gasteiger partial charge in [0.15, 0.2) is 18.5 Å². The minimum Gasteiger partial charge on any atom is -0.485 e. The Bertz CT molecular complexity index is 5080. The number of imide groups is 2. The molecule has 6 atom stereocenters. The number of aromatic nitrogens is 6. The van der Waals surface area contributed by atoms with Crippen LogP contribution in [0.3, 0.4) is 0 Å². The van der Waals surface area contributed by atoms with Crippen molar-refractivity contribution in [2.24, 2.45) is 7.05 Å². The lowest BCUT2D eigenvalue weighted by Gasteiger charge is -2.31. The first-order valence-electron chi connectivity index (χ1n) is 32.4. The van der Waals surface area contributed by atoms with Gasteiger partial charge in [0, 0.05) is 156 Å². The van der Waals surface area contributed by atoms with E-state index in [-0.39, 0.29) is 87.1 Å². The number of carbonyl (C=O) groups excluding carboxylic acids is 4. The first-order valence-corrected chi connectivity index (χ1v) is 35.6. The third-order valence-electron chi connectivity index (χ3n) is 17.9. The van der Waals surface area contributed by atoms with Gasteiger partial charge in [0.05, 0.1) is 67.6 Å². The Morgan fingerprint density at radius 2 is 1.01 bits per heavy atom. The Morgan fingerprint density at radius 3 is 1.51 bits per heavy atom. The van der Waals surface area contributed by atoms with Crippen LogP contribution >= 0.6 is 57.2 Å². The highest BCUT2D eigenvalue weighted by Gasteiger charge is 2.36. The van der Waals surface area contributed by atoms with Crippen molar-refractivity contribution in [3.63, 3.8) is 0 Å². The van der Waals surface area contributed by atoms with Crippen LogP contribution in [0.2, 0.25) is 10.0 Å². The van der Waals surface area contributed by atoms with E-state index in [4.69, 9.17) is 37.4 Å². The van der Waals surface area contributed by atoms with Crippen LogP contribution in [0.25, 0.3) is 64.2 Å². The number of nitrogens with zero attached hydrogens (tertiary/aromatic N) is 10. The Morgan fingerprint density at radius 1 is 0.545 bits per heavy atom. The number of nitriles is 1. The first kappa shape index (κ1) is 70.3. The van der Waals surface area contributed by atoms with E-state index in [1.165, 1.54) is 71.5 Å². The second kappa shape index (κ2) is 29.8. The number of hydrogen-bond acceptors (Lipinski definition) is 20. The monoisotopic (exact) mass is 1470 g/mol. The summed E-state index contributed by atoms with van der Waals surface area (Å²) in [5.41, 5.74) is 8.52. The van der Waals surface area contributed by atoms with E-state index in [9.17, 15) is 47.2 Å². The molecule has 3 aromatic carbocycles. The third kappa shape index (κ3) is 14.8. The van der Waals surface area contributed by atoms with Crippen LogP contribution in [0.4, 0.5) is 18.0 Å². The van der Waals surface area contributed by atoms with Crippen molar-refractivity contribution >= 4 is 112 Å². The van der Waals surface area contributed by atoms with Gasteiger partial charge in [0.25, 0.3) is 5.56 Å². The molecule has 101 heavy (non-hydrogen) atoms. The average molecular weight is 1470 g/mol. The van der Waals surface area contributed by atoms with Crippen LogP contribution in [-0.2, 0) is 41.1 Å². The summed E-state index contributed by atoms with van der Waals surface area (Å²) in [6.45, 7) is 8.56. The van der Waals surface area contributed by atoms with E-state index in [0.717, 1.165) is 73.1 Å². The molecule has 5 aliphatic heterocycles. The molecule has 522 valence electrons. The largest absolute Gasteiger partial charge is 0.485 e. The topological polar surface area (TPSA) is 261 Å². The van der Waals surface area contributed by atoms with Crippen molar-refractivity contribution in [3.05, 3.63) is 165 Å². The zero-order valence-corrected chi connectivity index (χ0v) is 59.1. The lowest BCUT2D eigenvalue weighted by atomic mass is 10.0. The molecule has 3 N–H and O–H groups in total. The summed E-state index contributed by atoms with van der Waals surface area (Å²) in [5, 5.41) is 19.6. The van der Waals surface area contributed by atoms with E-state index in [1.54, 1.807) is 55.7 Å². The molecule has 15 rings (SSSR count). The predicted octanol–water partition coefficient (Wildman–Crippen LogP) is 10.8. The highest BCUT2D eigenvalue weighted by molar-refractivity contribution is 7.20. The molecule has 5 amide bonds. The average Bonchev–Trinajstić information content (AvgIpc) is 1.76. The van der Waals surface area contributed by atoms with Gasteiger partial charge < -0.3 is 39.6 Å². The highest BCUT2D eigenvalue weighted by Crippen LogP contribution is 2.46. The van der Waals surface area contributed by atoms with Gasteiger partial charge in [-0.2, -0.15) is 5.26 Å². The van der Waals surface area contributed by atoms with E-state index < -0.39 is 36.8 Å². The van der Waals surface area contributed by atoms with E-state index in [0.29, 0.717) is 87.8 Å². The molecular weight excluding hydrogens is 1400 g/mol. The maximum Gasteiger partial charge on any atom is 0.331 e. The normalized spacial score (nSPS) is 19.9. The number of thiophene rings is 3. The summed E-state index contributed by atoms with van der Waals surface area (Å²) in [6, 6.07) is 23.2. The lowest BCUT2D eigenvalue weighted by Crippen LogP contribution is -2.49. The summed E-state index contributed by atoms with van der Waals surface area (Å²) < 4.78 is 66.3. The second-order valence-electron chi connectivity index (χ2n) is 25.1. The fourth-order valence-corrected chi connectivity index (χ4v) is 16.6. The van der Waals surface area contributed by atoms with E-state index >= 15 is 0 Å². The molecule has 5 saturated heterocycles. The number of aryl methyl sites for hydroxylation is 4. The Kier molecular flexibility index (Phi) is 20.7. The third-order valence-corrected chi connectivity index (χ3v) is 21.8. The molecule has 0 spiro atoms. The van der Waals surface area contributed by atoms with Gasteiger partial charge in [0.1, 0.15) is 41.9 Å². The summed E-state index contributed by atoms with van der Waals surface area (Å²) in [7, 11) is 3.30. The Labute approximate surface area is 598 Å². The van der Waals surface area contributed by atoms with Crippen molar-refractivity contribution in [2.75, 3.05) is 52.9 Å². The number of carbonyl (C=O) groups is 4. The summed E-state index contributed by atoms with van der Waals surface area (Å²) in [6.07, 6.45) is 1.93. The standard InChI is InChI=1S/C24H24ClFN4O3S.C24H22ClFN4O3S.C23H20FN5O3S/c2*1-13-7-14(25)8-17(22(13)33-20-11-27-10-18(20)26)16-3-5-28-19-9-15(34-23(16)19)12-30-21(31)4-6-29(2)24(30)32;1-12-4-13(7-25)5-15(22(12)32-18-9-26-8-16(18)24)21-23-17(27-11-28-21)6-14(33-23)10-29-19(30)2-3-20(29)31/h3,5,7-9,18,20,27H,4,6,10-12H2,1-2H3;3-9,18,20,27H,10-12H2,1-2H3;4-6,11,16,18,26H,2-3,8-10H2,1H3/t2*18-,20+;16-,18+/m000/s1. The van der Waals surface area contributed by atoms with Crippen LogP contribution in [0.1, 0.15) is 56.1 Å². The summed E-state index contributed by atoms with van der Waals surface area (Å²) >= 11 is 17.1. The van der Waals surface area contributed by atoms with Crippen LogP contribution < -0.4 is 41.4 Å². The number of alkyl halides is 3. The van der Waals surface area contributed by atoms with Crippen LogP contribution in [0, 0.1) is 32.1 Å². The molecular formula is C71H66Cl2F3N13O9S3. The second-order valence-corrected chi connectivity index (χ2v) is 29.4. The van der Waals surface area contributed by atoms with Crippen molar-refractivity contribution in [3.8, 4) is 56.8 Å². The molecule has 5 aliphatic rings. The van der Waals surface area contributed by atoms with Crippen molar-refractivity contribution < 1.29 is 46.6 Å². The molecule has 30 heteroatoms. The Hall–Kier alpha value is -9.18. The number of fused-ring (bicyclic) bond motifs is 3. The number of nitrogens with one attached hydrogen (secondary N) is 3. The number of benzene rings is 3. The number of ether oxygens (including phenoxy) is 3. The lowest BCUT2D eigenvalue weighted by molar-refractivity contribution is -0.139. The van der Waals surface area contributed by atoms with E-state index in [2.05, 4.69) is 42.0 Å². The predicted molar refractivity (Wildman–Crippen MR) is 381 cm³/mol. The number of likely N-dealkylation sites (tertiary alicyclic amines) is 1. The number of amides is 5. The fraction of sp³-hybridized carbons (Fsp3) is 0.338. The fourth-order valence-electron chi connectivity index (χ4n) is 12.7. The SMILES string of the molecule is Cc1cc(C#N)cc(-c2ncnc3cc(CN4C(=O)CCC4=O)sc23)c1O[C@@H]1CNC[C@@H]1F.Cc1cc(Cl)cc(-c2ccnc3cc(CN4C(=O)CCN(C)C4=O)sc23)c1O[C@@H]1CNC[C@@H]1F.Cc1cc(Cl)cc(-c2ccnc3cc(Cn4c(=O)ccn(C)c4=O)sc23)c1O[C@@H]1CNC[C@@H]1F. The molecule has 0 aliphatic carbocycles. The van der Waals surface area contributed by atoms with Gasteiger partial charge in [0.2, 0.25) is 17.7 Å². The van der Waals surface area contributed by atoms with Crippen LogP contribution in [-0.4, -0.2) is 157 Å². The zero-order chi connectivity index (χ0) is 71.1. The Balaban J connectivity index is 0.000000135. The molecule has 0 saturated carbocycles. The van der Waals surface area contributed by atoms with Gasteiger partial charge in [-0.3, -0.25) is 43.5 Å². The molecule has 12 heterocycles. The maximum absolute atomic E-state index is 14.3. The first-order chi connectivity index (χ1) is 48.6. The quantitative estimate of drug-likeness (QED) is 0.0806. The molecule has 7 aromatic heterocycles. The highest BCUT2D eigenvalue weighted by atomic mass is 35.5. The van der Waals surface area contributed by atoms with Crippen molar-refractivity contribution in [1.82, 2.24) is 59.7 Å². The maximum atomic E-state index is 14.3. The number of urea groups is 1. The van der Waals surface area contributed by atoms with Gasteiger partial charge in [-0.15, -0.1) is 34.0 Å². The number of halogens is 5. The van der Waals surface area contributed by atoms with Crippen molar-refractivity contribution in [2.45, 2.75) is 96.5 Å². The van der Waals surface area contributed by atoms with Gasteiger partial charge in [-0.1, -0.05) is 23.2 Å². The molecule has 0 bridgehead atoms. The minimum absolute atomic E-state index is 0.141.